The number of carbonyl (C=O) groups is 2. The summed E-state index contributed by atoms with van der Waals surface area (Å²) in [5.41, 5.74) is 1.70. The summed E-state index contributed by atoms with van der Waals surface area (Å²) in [6.45, 7) is 5.59. The van der Waals surface area contributed by atoms with Crippen LogP contribution in [0.2, 0.25) is 0 Å². The molecule has 0 bridgehead atoms. The zero-order valence-electron chi connectivity index (χ0n) is 13.0. The summed E-state index contributed by atoms with van der Waals surface area (Å²) < 4.78 is 4.95. The number of aromatic nitrogens is 1. The predicted molar refractivity (Wildman–Crippen MR) is 85.7 cm³/mol. The molecule has 1 aromatic heterocycles. The van der Waals surface area contributed by atoms with E-state index in [2.05, 4.69) is 15.6 Å². The van der Waals surface area contributed by atoms with Gasteiger partial charge in [-0.15, -0.1) is 0 Å². The van der Waals surface area contributed by atoms with Gasteiger partial charge in [0.2, 0.25) is 0 Å². The van der Waals surface area contributed by atoms with E-state index < -0.39 is 5.92 Å². The number of urea groups is 1. The first-order valence-corrected chi connectivity index (χ1v) is 7.32. The number of esters is 1. The van der Waals surface area contributed by atoms with E-state index in [0.717, 1.165) is 10.9 Å². The van der Waals surface area contributed by atoms with Crippen LogP contribution in [0.4, 0.5) is 10.5 Å². The van der Waals surface area contributed by atoms with Crippen molar-refractivity contribution >= 4 is 28.6 Å². The van der Waals surface area contributed by atoms with Crippen molar-refractivity contribution in [2.75, 3.05) is 11.9 Å². The average molecular weight is 303 g/mol. The van der Waals surface area contributed by atoms with Crippen LogP contribution in [0.25, 0.3) is 10.9 Å². The topological polar surface area (TPSA) is 83.2 Å². The van der Waals surface area contributed by atoms with Crippen LogP contribution in [0.1, 0.15) is 20.8 Å². The molecule has 0 spiro atoms. The largest absolute Gasteiger partial charge is 0.466 e. The Balaban J connectivity index is 1.92. The van der Waals surface area contributed by atoms with Gasteiger partial charge in [-0.25, -0.2) is 4.79 Å². The number of rotatable bonds is 5. The molecule has 0 aliphatic rings. The number of amides is 2. The molecule has 118 valence electrons. The second-order valence-corrected chi connectivity index (χ2v) is 5.21. The smallest absolute Gasteiger partial charge is 0.319 e. The molecule has 0 radical (unpaired) electrons. The van der Waals surface area contributed by atoms with E-state index in [1.807, 2.05) is 30.5 Å². The number of ether oxygens (including phenoxy) is 1. The van der Waals surface area contributed by atoms with Gasteiger partial charge >= 0.3 is 12.0 Å². The van der Waals surface area contributed by atoms with Crippen LogP contribution in [0.15, 0.2) is 30.5 Å². The summed E-state index contributed by atoms with van der Waals surface area (Å²) in [6.07, 6.45) is 1.84. The minimum Gasteiger partial charge on any atom is -0.466 e. The molecule has 22 heavy (non-hydrogen) atoms. The summed E-state index contributed by atoms with van der Waals surface area (Å²) in [7, 11) is 0. The van der Waals surface area contributed by atoms with Crippen molar-refractivity contribution in [3.63, 3.8) is 0 Å². The second kappa shape index (κ2) is 6.98. The Morgan fingerprint density at radius 1 is 1.27 bits per heavy atom. The van der Waals surface area contributed by atoms with E-state index in [9.17, 15) is 9.59 Å². The first-order valence-electron chi connectivity index (χ1n) is 7.32. The fourth-order valence-electron chi connectivity index (χ4n) is 2.11. The van der Waals surface area contributed by atoms with Gasteiger partial charge in [-0.2, -0.15) is 0 Å². The number of benzene rings is 1. The zero-order valence-corrected chi connectivity index (χ0v) is 13.0. The van der Waals surface area contributed by atoms with Gasteiger partial charge in [0, 0.05) is 28.8 Å². The monoisotopic (exact) mass is 303 g/mol. The Hall–Kier alpha value is -2.50. The molecule has 0 aliphatic heterocycles. The number of hydrogen-bond donors (Lipinski definition) is 3. The number of aromatic amines is 1. The van der Waals surface area contributed by atoms with Crippen molar-refractivity contribution in [3.05, 3.63) is 30.5 Å². The summed E-state index contributed by atoms with van der Waals surface area (Å²) in [5, 5.41) is 6.53. The van der Waals surface area contributed by atoms with Crippen molar-refractivity contribution in [3.8, 4) is 0 Å². The molecular weight excluding hydrogens is 282 g/mol. The van der Waals surface area contributed by atoms with Crippen LogP contribution in [0.3, 0.4) is 0 Å². The number of fused-ring (bicyclic) bond motifs is 1. The maximum Gasteiger partial charge on any atom is 0.319 e. The van der Waals surface area contributed by atoms with E-state index in [0.29, 0.717) is 12.3 Å². The van der Waals surface area contributed by atoms with Crippen LogP contribution in [-0.2, 0) is 9.53 Å². The minimum absolute atomic E-state index is 0.316. The Morgan fingerprint density at radius 3 is 2.77 bits per heavy atom. The molecule has 2 aromatic rings. The summed E-state index contributed by atoms with van der Waals surface area (Å²) >= 11 is 0. The lowest BCUT2D eigenvalue weighted by Crippen LogP contribution is -2.42. The minimum atomic E-state index is -0.405. The highest BCUT2D eigenvalue weighted by atomic mass is 16.5. The van der Waals surface area contributed by atoms with Gasteiger partial charge < -0.3 is 20.4 Å². The lowest BCUT2D eigenvalue weighted by molar-refractivity contribution is -0.148. The number of H-pyrrole nitrogens is 1. The highest BCUT2D eigenvalue weighted by Gasteiger charge is 2.22. The normalized spacial score (nSPS) is 13.4. The number of carbonyl (C=O) groups excluding carboxylic acids is 2. The fraction of sp³-hybridized carbons (Fsp3) is 0.375. The van der Waals surface area contributed by atoms with Crippen LogP contribution in [0.5, 0.6) is 0 Å². The van der Waals surface area contributed by atoms with E-state index in [1.54, 1.807) is 20.8 Å². The number of nitrogens with one attached hydrogen (secondary N) is 3. The van der Waals surface area contributed by atoms with Crippen molar-refractivity contribution in [1.82, 2.24) is 10.3 Å². The standard InChI is InChI=1S/C16H21N3O3/c1-4-22-15(20)10(2)11(3)18-16(21)19-13-5-6-14-12(9-13)7-8-17-14/h5-11,17H,4H2,1-3H3,(H2,18,19,21)/t10-,11+/m0/s1. The van der Waals surface area contributed by atoms with Gasteiger partial charge in [-0.05, 0) is 45.0 Å². The summed E-state index contributed by atoms with van der Waals surface area (Å²) in [4.78, 5) is 26.7. The van der Waals surface area contributed by atoms with Gasteiger partial charge in [0.15, 0.2) is 0 Å². The van der Waals surface area contributed by atoms with Gasteiger partial charge in [0.25, 0.3) is 0 Å². The fourth-order valence-corrected chi connectivity index (χ4v) is 2.11. The lowest BCUT2D eigenvalue weighted by atomic mass is 10.0. The highest BCUT2D eigenvalue weighted by Crippen LogP contribution is 2.17. The molecule has 0 fully saturated rings. The van der Waals surface area contributed by atoms with Crippen LogP contribution >= 0.6 is 0 Å². The third kappa shape index (κ3) is 3.78. The van der Waals surface area contributed by atoms with E-state index >= 15 is 0 Å². The zero-order chi connectivity index (χ0) is 16.1. The Bertz CT molecular complexity index is 665. The average Bonchev–Trinajstić information content (AvgIpc) is 2.94. The molecule has 6 heteroatoms. The van der Waals surface area contributed by atoms with Crippen molar-refractivity contribution in [2.24, 2.45) is 5.92 Å². The number of hydrogen-bond acceptors (Lipinski definition) is 3. The molecule has 2 amide bonds. The van der Waals surface area contributed by atoms with Gasteiger partial charge in [-0.1, -0.05) is 0 Å². The number of anilines is 1. The molecule has 1 aromatic carbocycles. The second-order valence-electron chi connectivity index (χ2n) is 5.21. The van der Waals surface area contributed by atoms with Crippen molar-refractivity contribution in [2.45, 2.75) is 26.8 Å². The first-order chi connectivity index (χ1) is 10.5. The van der Waals surface area contributed by atoms with Gasteiger partial charge in [-0.3, -0.25) is 4.79 Å². The Morgan fingerprint density at radius 2 is 2.05 bits per heavy atom. The SMILES string of the molecule is CCOC(=O)[C@@H](C)[C@@H](C)NC(=O)Nc1ccc2[nH]ccc2c1. The molecule has 2 rings (SSSR count). The van der Waals surface area contributed by atoms with Crippen LogP contribution < -0.4 is 10.6 Å². The van der Waals surface area contributed by atoms with Crippen molar-refractivity contribution < 1.29 is 14.3 Å². The third-order valence-corrected chi connectivity index (χ3v) is 3.58. The van der Waals surface area contributed by atoms with Crippen LogP contribution in [-0.4, -0.2) is 29.6 Å². The molecule has 3 N–H and O–H groups in total. The predicted octanol–water partition coefficient (Wildman–Crippen LogP) is 2.88. The summed E-state index contributed by atoms with van der Waals surface area (Å²) in [5.74, 6) is -0.720. The molecule has 6 nitrogen and oxygen atoms in total. The van der Waals surface area contributed by atoms with E-state index in [1.165, 1.54) is 0 Å². The highest BCUT2D eigenvalue weighted by molar-refractivity contribution is 5.93. The van der Waals surface area contributed by atoms with Crippen LogP contribution in [0, 0.1) is 5.92 Å². The third-order valence-electron chi connectivity index (χ3n) is 3.58. The molecule has 2 atom stereocenters. The van der Waals surface area contributed by atoms with Gasteiger partial charge in [0.1, 0.15) is 0 Å². The molecule has 0 unspecified atom stereocenters. The lowest BCUT2D eigenvalue weighted by Gasteiger charge is -2.20. The molecule has 1 heterocycles. The van der Waals surface area contributed by atoms with E-state index in [-0.39, 0.29) is 18.0 Å². The Labute approximate surface area is 129 Å². The van der Waals surface area contributed by atoms with E-state index in [4.69, 9.17) is 4.74 Å². The van der Waals surface area contributed by atoms with Crippen molar-refractivity contribution in [1.29, 1.82) is 0 Å². The first kappa shape index (κ1) is 15.9. The molecule has 0 saturated heterocycles. The Kier molecular flexibility index (Phi) is 5.04. The molecule has 0 aliphatic carbocycles. The summed E-state index contributed by atoms with van der Waals surface area (Å²) in [6, 6.07) is 6.86. The maximum atomic E-state index is 12.0. The van der Waals surface area contributed by atoms with Gasteiger partial charge in [0.05, 0.1) is 12.5 Å². The quantitative estimate of drug-likeness (QED) is 0.743. The molecular formula is C16H21N3O3. The maximum absolute atomic E-state index is 12.0. The molecule has 0 saturated carbocycles.